The average molecular weight is 397 g/mol. The Kier molecular flexibility index (Phi) is 6.71. The molecule has 2 amide bonds. The topological polar surface area (TPSA) is 76.7 Å². The first kappa shape index (κ1) is 19.9. The highest BCUT2D eigenvalue weighted by Gasteiger charge is 2.15. The van der Waals surface area contributed by atoms with Gasteiger partial charge in [-0.1, -0.05) is 23.2 Å². The molecule has 2 rings (SSSR count). The van der Waals surface area contributed by atoms with Gasteiger partial charge >= 0.3 is 0 Å². The Bertz CT molecular complexity index is 825. The normalized spacial score (nSPS) is 10.4. The summed E-state index contributed by atoms with van der Waals surface area (Å²) in [5, 5.41) is 0.578. The average Bonchev–Trinajstić information content (AvgIpc) is 2.61. The number of rotatable bonds is 5. The molecule has 0 atom stereocenters. The van der Waals surface area contributed by atoms with Crippen molar-refractivity contribution in [2.75, 3.05) is 7.11 Å². The zero-order valence-electron chi connectivity index (χ0n) is 14.4. The maximum absolute atomic E-state index is 12.3. The second-order valence-electron chi connectivity index (χ2n) is 5.56. The quantitative estimate of drug-likeness (QED) is 0.752. The lowest BCUT2D eigenvalue weighted by Gasteiger charge is -2.14. The molecule has 0 aromatic heterocycles. The number of carbonyl (C=O) groups is 2. The summed E-state index contributed by atoms with van der Waals surface area (Å²) >= 11 is 11.8. The molecule has 0 radical (unpaired) electrons. The molecule has 0 unspecified atom stereocenters. The Morgan fingerprint density at radius 2 is 1.65 bits per heavy atom. The number of hydrogen-bond acceptors (Lipinski definition) is 4. The van der Waals surface area contributed by atoms with Crippen LogP contribution < -0.4 is 20.3 Å². The number of carbonyl (C=O) groups excluding carboxylic acids is 2. The molecule has 26 heavy (non-hydrogen) atoms. The number of ether oxygens (including phenoxy) is 2. The fourth-order valence-corrected chi connectivity index (χ4v) is 2.46. The number of amides is 2. The summed E-state index contributed by atoms with van der Waals surface area (Å²) in [6, 6.07) is 9.18. The number of hydrazine groups is 1. The molecule has 2 aromatic carbocycles. The number of methoxy groups -OCH3 is 1. The third kappa shape index (κ3) is 5.03. The van der Waals surface area contributed by atoms with Gasteiger partial charge in [-0.2, -0.15) is 0 Å². The van der Waals surface area contributed by atoms with Gasteiger partial charge in [0.2, 0.25) is 0 Å². The van der Waals surface area contributed by atoms with E-state index in [2.05, 4.69) is 10.9 Å². The summed E-state index contributed by atoms with van der Waals surface area (Å²) in [7, 11) is 1.48. The Hall–Kier alpha value is -2.44. The van der Waals surface area contributed by atoms with Crippen molar-refractivity contribution >= 4 is 35.0 Å². The molecule has 138 valence electrons. The minimum absolute atomic E-state index is 0.0368. The monoisotopic (exact) mass is 396 g/mol. The Morgan fingerprint density at radius 1 is 0.962 bits per heavy atom. The van der Waals surface area contributed by atoms with Crippen molar-refractivity contribution < 1.29 is 19.1 Å². The highest BCUT2D eigenvalue weighted by atomic mass is 35.5. The van der Waals surface area contributed by atoms with Crippen LogP contribution in [0.1, 0.15) is 34.6 Å². The van der Waals surface area contributed by atoms with Crippen LogP contribution in [0.5, 0.6) is 11.5 Å². The predicted octanol–water partition coefficient (Wildman–Crippen LogP) is 3.86. The van der Waals surface area contributed by atoms with E-state index in [-0.39, 0.29) is 22.3 Å². The minimum atomic E-state index is -0.586. The smallest absolute Gasteiger partial charge is 0.271 e. The summed E-state index contributed by atoms with van der Waals surface area (Å²) in [6.07, 6.45) is -0.0368. The van der Waals surface area contributed by atoms with Gasteiger partial charge in [0.1, 0.15) is 0 Å². The Labute approximate surface area is 161 Å². The summed E-state index contributed by atoms with van der Waals surface area (Å²) < 4.78 is 10.8. The molecule has 0 bridgehead atoms. The first-order valence-corrected chi connectivity index (χ1v) is 8.48. The standard InChI is InChI=1S/C18H18Cl2N2O4/c1-10(2)26-15-7-4-11(8-16(15)25-3)17(23)21-22-18(24)13-9-12(19)5-6-14(13)20/h4-10H,1-3H3,(H,21,23)(H,22,24). The number of halogens is 2. The van der Waals surface area contributed by atoms with E-state index in [9.17, 15) is 9.59 Å². The molecule has 0 fully saturated rings. The van der Waals surface area contributed by atoms with Crippen LogP contribution in [-0.4, -0.2) is 25.0 Å². The molecule has 0 aliphatic heterocycles. The van der Waals surface area contributed by atoms with E-state index in [1.54, 1.807) is 18.2 Å². The molecule has 2 N–H and O–H groups in total. The minimum Gasteiger partial charge on any atom is -0.493 e. The lowest BCUT2D eigenvalue weighted by atomic mass is 10.2. The lowest BCUT2D eigenvalue weighted by molar-refractivity contribution is 0.0846. The number of benzene rings is 2. The van der Waals surface area contributed by atoms with Crippen LogP contribution >= 0.6 is 23.2 Å². The molecular formula is C18H18Cl2N2O4. The van der Waals surface area contributed by atoms with Gasteiger partial charge in [-0.15, -0.1) is 0 Å². The van der Waals surface area contributed by atoms with Crippen LogP contribution in [-0.2, 0) is 0 Å². The van der Waals surface area contributed by atoms with E-state index in [0.29, 0.717) is 16.5 Å². The summed E-state index contributed by atoms with van der Waals surface area (Å²) in [5.41, 5.74) is 5.05. The highest BCUT2D eigenvalue weighted by molar-refractivity contribution is 6.35. The van der Waals surface area contributed by atoms with Crippen LogP contribution in [0.4, 0.5) is 0 Å². The van der Waals surface area contributed by atoms with E-state index < -0.39 is 11.8 Å². The van der Waals surface area contributed by atoms with E-state index in [0.717, 1.165) is 0 Å². The summed E-state index contributed by atoms with van der Waals surface area (Å²) in [6.45, 7) is 3.77. The zero-order valence-corrected chi connectivity index (χ0v) is 15.9. The first-order chi connectivity index (χ1) is 12.3. The van der Waals surface area contributed by atoms with E-state index in [1.807, 2.05) is 13.8 Å². The van der Waals surface area contributed by atoms with Crippen LogP contribution in [0, 0.1) is 0 Å². The van der Waals surface area contributed by atoms with E-state index in [1.165, 1.54) is 25.3 Å². The molecule has 6 nitrogen and oxygen atoms in total. The molecule has 8 heteroatoms. The maximum Gasteiger partial charge on any atom is 0.271 e. The molecule has 0 heterocycles. The fourth-order valence-electron chi connectivity index (χ4n) is 2.08. The van der Waals surface area contributed by atoms with Crippen LogP contribution in [0.2, 0.25) is 10.0 Å². The van der Waals surface area contributed by atoms with Gasteiger partial charge in [-0.05, 0) is 50.2 Å². The molecule has 0 saturated heterocycles. The third-order valence-corrected chi connectivity index (χ3v) is 3.82. The van der Waals surface area contributed by atoms with Crippen LogP contribution in [0.25, 0.3) is 0 Å². The second kappa shape index (κ2) is 8.78. The number of hydrogen-bond donors (Lipinski definition) is 2. The van der Waals surface area contributed by atoms with Crippen molar-refractivity contribution in [3.63, 3.8) is 0 Å². The van der Waals surface area contributed by atoms with E-state index in [4.69, 9.17) is 32.7 Å². The Balaban J connectivity index is 2.07. The molecule has 2 aromatic rings. The van der Waals surface area contributed by atoms with Crippen molar-refractivity contribution in [2.24, 2.45) is 0 Å². The van der Waals surface area contributed by atoms with Gasteiger partial charge in [0.25, 0.3) is 11.8 Å². The van der Waals surface area contributed by atoms with Crippen LogP contribution in [0.3, 0.4) is 0 Å². The predicted molar refractivity (Wildman–Crippen MR) is 100 cm³/mol. The Morgan fingerprint density at radius 3 is 2.31 bits per heavy atom. The molecule has 0 spiro atoms. The molecule has 0 saturated carbocycles. The van der Waals surface area contributed by atoms with Crippen molar-refractivity contribution in [1.29, 1.82) is 0 Å². The van der Waals surface area contributed by atoms with Crippen LogP contribution in [0.15, 0.2) is 36.4 Å². The molecular weight excluding hydrogens is 379 g/mol. The SMILES string of the molecule is COc1cc(C(=O)NNC(=O)c2cc(Cl)ccc2Cl)ccc1OC(C)C. The summed E-state index contributed by atoms with van der Waals surface area (Å²) in [5.74, 6) is -0.173. The zero-order chi connectivity index (χ0) is 19.3. The first-order valence-electron chi connectivity index (χ1n) is 7.72. The molecule has 0 aliphatic rings. The van der Waals surface area contributed by atoms with Gasteiger partial charge in [-0.3, -0.25) is 20.4 Å². The van der Waals surface area contributed by atoms with E-state index >= 15 is 0 Å². The third-order valence-electron chi connectivity index (χ3n) is 3.25. The lowest BCUT2D eigenvalue weighted by Crippen LogP contribution is -2.41. The van der Waals surface area contributed by atoms with Gasteiger partial charge in [0.15, 0.2) is 11.5 Å². The van der Waals surface area contributed by atoms with Crippen molar-refractivity contribution in [3.8, 4) is 11.5 Å². The number of nitrogens with one attached hydrogen (secondary N) is 2. The molecule has 0 aliphatic carbocycles. The largest absolute Gasteiger partial charge is 0.493 e. The maximum atomic E-state index is 12.3. The highest BCUT2D eigenvalue weighted by Crippen LogP contribution is 2.29. The second-order valence-corrected chi connectivity index (χ2v) is 6.41. The van der Waals surface area contributed by atoms with Gasteiger partial charge in [0, 0.05) is 10.6 Å². The van der Waals surface area contributed by atoms with Crippen molar-refractivity contribution in [1.82, 2.24) is 10.9 Å². The van der Waals surface area contributed by atoms with Crippen molar-refractivity contribution in [3.05, 3.63) is 57.6 Å². The van der Waals surface area contributed by atoms with Gasteiger partial charge in [0.05, 0.1) is 23.8 Å². The van der Waals surface area contributed by atoms with Crippen molar-refractivity contribution in [2.45, 2.75) is 20.0 Å². The van der Waals surface area contributed by atoms with Gasteiger partial charge in [-0.25, -0.2) is 0 Å². The summed E-state index contributed by atoms with van der Waals surface area (Å²) in [4.78, 5) is 24.4. The fraction of sp³-hybridized carbons (Fsp3) is 0.222. The van der Waals surface area contributed by atoms with Gasteiger partial charge < -0.3 is 9.47 Å².